The zero-order valence-corrected chi connectivity index (χ0v) is 13.6. The van der Waals surface area contributed by atoms with Crippen LogP contribution in [-0.4, -0.2) is 50.1 Å². The van der Waals surface area contributed by atoms with Gasteiger partial charge in [-0.15, -0.1) is 0 Å². The van der Waals surface area contributed by atoms with Crippen molar-refractivity contribution in [3.63, 3.8) is 0 Å². The Balaban J connectivity index is 3.37. The summed E-state index contributed by atoms with van der Waals surface area (Å²) < 4.78 is 0. The van der Waals surface area contributed by atoms with E-state index in [4.69, 9.17) is 0 Å². The molecule has 0 radical (unpaired) electrons. The molecule has 0 heterocycles. The number of allylic oxidation sites excluding steroid dienone is 1. The minimum absolute atomic E-state index is 0.114. The Hall–Kier alpha value is -0.870. The molecule has 0 spiro atoms. The molecule has 0 aliphatic rings. The summed E-state index contributed by atoms with van der Waals surface area (Å²) in [6.07, 6.45) is 8.06. The quantitative estimate of drug-likeness (QED) is 0.402. The lowest BCUT2D eigenvalue weighted by molar-refractivity contribution is -0.120. The monoisotopic (exact) mass is 283 g/mol. The fourth-order valence-corrected chi connectivity index (χ4v) is 1.89. The highest BCUT2D eigenvalue weighted by Crippen LogP contribution is 1.95. The zero-order chi connectivity index (χ0) is 15.1. The summed E-state index contributed by atoms with van der Waals surface area (Å²) in [4.78, 5) is 13.9. The van der Waals surface area contributed by atoms with Crippen LogP contribution in [0.15, 0.2) is 12.2 Å². The Bertz CT molecular complexity index is 250. The van der Waals surface area contributed by atoms with E-state index in [1.807, 2.05) is 6.08 Å². The number of nitrogens with one attached hydrogen (secondary N) is 2. The minimum Gasteiger partial charge on any atom is -0.355 e. The van der Waals surface area contributed by atoms with Crippen molar-refractivity contribution >= 4 is 5.91 Å². The summed E-state index contributed by atoms with van der Waals surface area (Å²) in [5, 5.41) is 6.27. The molecular formula is C16H33N3O. The molecule has 2 N–H and O–H groups in total. The van der Waals surface area contributed by atoms with Gasteiger partial charge in [0.15, 0.2) is 0 Å². The molecule has 0 aromatic carbocycles. The van der Waals surface area contributed by atoms with Gasteiger partial charge in [0.05, 0.1) is 0 Å². The highest BCUT2D eigenvalue weighted by atomic mass is 16.1. The number of likely N-dealkylation sites (N-methyl/N-ethyl adjacent to an activating group) is 1. The third kappa shape index (κ3) is 12.2. The maximum Gasteiger partial charge on any atom is 0.223 e. The van der Waals surface area contributed by atoms with Crippen LogP contribution in [0, 0.1) is 0 Å². The van der Waals surface area contributed by atoms with Gasteiger partial charge in [0, 0.05) is 32.6 Å². The van der Waals surface area contributed by atoms with Gasteiger partial charge in [-0.1, -0.05) is 45.8 Å². The molecule has 0 atom stereocenters. The first-order chi connectivity index (χ1) is 9.74. The molecule has 0 saturated carbocycles. The van der Waals surface area contributed by atoms with Crippen molar-refractivity contribution in [1.82, 2.24) is 15.5 Å². The number of carbonyl (C=O) groups excluding carboxylic acids is 1. The van der Waals surface area contributed by atoms with E-state index in [9.17, 15) is 4.79 Å². The summed E-state index contributed by atoms with van der Waals surface area (Å²) in [7, 11) is 0. The molecule has 20 heavy (non-hydrogen) atoms. The first kappa shape index (κ1) is 19.1. The van der Waals surface area contributed by atoms with Crippen LogP contribution in [0.5, 0.6) is 0 Å². The average Bonchev–Trinajstić information content (AvgIpc) is 2.46. The predicted octanol–water partition coefficient (Wildman–Crippen LogP) is 2.17. The lowest BCUT2D eigenvalue weighted by atomic mass is 10.2. The van der Waals surface area contributed by atoms with Crippen LogP contribution in [-0.2, 0) is 4.79 Å². The summed E-state index contributed by atoms with van der Waals surface area (Å²) in [6, 6.07) is 0. The van der Waals surface area contributed by atoms with Gasteiger partial charge < -0.3 is 15.5 Å². The Morgan fingerprint density at radius 2 is 1.80 bits per heavy atom. The van der Waals surface area contributed by atoms with E-state index >= 15 is 0 Å². The first-order valence-electron chi connectivity index (χ1n) is 8.09. The SMILES string of the molecule is CCCC/C=C/CC(=O)NCCNCCN(CC)CC. The van der Waals surface area contributed by atoms with Crippen molar-refractivity contribution in [2.45, 2.75) is 46.5 Å². The lowest BCUT2D eigenvalue weighted by Gasteiger charge is -2.17. The molecular weight excluding hydrogens is 250 g/mol. The predicted molar refractivity (Wildman–Crippen MR) is 86.9 cm³/mol. The van der Waals surface area contributed by atoms with Gasteiger partial charge >= 0.3 is 0 Å². The highest BCUT2D eigenvalue weighted by Gasteiger charge is 1.98. The van der Waals surface area contributed by atoms with Crippen LogP contribution in [0.4, 0.5) is 0 Å². The number of rotatable bonds is 13. The van der Waals surface area contributed by atoms with Crippen LogP contribution in [0.1, 0.15) is 46.5 Å². The second kappa shape index (κ2) is 14.5. The second-order valence-electron chi connectivity index (χ2n) is 4.94. The number of unbranched alkanes of at least 4 members (excludes halogenated alkanes) is 2. The smallest absolute Gasteiger partial charge is 0.223 e. The van der Waals surface area contributed by atoms with Crippen LogP contribution in [0.25, 0.3) is 0 Å². The number of hydrogen-bond donors (Lipinski definition) is 2. The van der Waals surface area contributed by atoms with E-state index in [2.05, 4.69) is 42.4 Å². The normalized spacial score (nSPS) is 11.4. The third-order valence-electron chi connectivity index (χ3n) is 3.32. The van der Waals surface area contributed by atoms with Crippen molar-refractivity contribution in [3.05, 3.63) is 12.2 Å². The van der Waals surface area contributed by atoms with Gasteiger partial charge in [-0.2, -0.15) is 0 Å². The van der Waals surface area contributed by atoms with Crippen molar-refractivity contribution in [3.8, 4) is 0 Å². The molecule has 0 saturated heterocycles. The topological polar surface area (TPSA) is 44.4 Å². The highest BCUT2D eigenvalue weighted by molar-refractivity contribution is 5.77. The maximum atomic E-state index is 11.5. The van der Waals surface area contributed by atoms with Crippen LogP contribution >= 0.6 is 0 Å². The Labute approximate surface area is 125 Å². The number of nitrogens with zero attached hydrogens (tertiary/aromatic N) is 1. The Morgan fingerprint density at radius 3 is 2.45 bits per heavy atom. The Morgan fingerprint density at radius 1 is 1.05 bits per heavy atom. The van der Waals surface area contributed by atoms with E-state index in [0.29, 0.717) is 13.0 Å². The molecule has 0 aromatic heterocycles. The van der Waals surface area contributed by atoms with Gasteiger partial charge in [0.1, 0.15) is 0 Å². The number of carbonyl (C=O) groups is 1. The van der Waals surface area contributed by atoms with E-state index in [1.165, 1.54) is 12.8 Å². The molecule has 4 nitrogen and oxygen atoms in total. The summed E-state index contributed by atoms with van der Waals surface area (Å²) in [5.74, 6) is 0.114. The fraction of sp³-hybridized carbons (Fsp3) is 0.812. The number of hydrogen-bond acceptors (Lipinski definition) is 3. The molecule has 0 aliphatic carbocycles. The molecule has 0 fully saturated rings. The van der Waals surface area contributed by atoms with Gasteiger partial charge in [-0.25, -0.2) is 0 Å². The van der Waals surface area contributed by atoms with E-state index in [-0.39, 0.29) is 5.91 Å². The minimum atomic E-state index is 0.114. The lowest BCUT2D eigenvalue weighted by Crippen LogP contribution is -2.36. The summed E-state index contributed by atoms with van der Waals surface area (Å²) in [6.45, 7) is 12.3. The maximum absolute atomic E-state index is 11.5. The van der Waals surface area contributed by atoms with E-state index in [1.54, 1.807) is 0 Å². The molecule has 0 unspecified atom stereocenters. The molecule has 4 heteroatoms. The Kier molecular flexibility index (Phi) is 13.9. The van der Waals surface area contributed by atoms with E-state index in [0.717, 1.165) is 39.1 Å². The zero-order valence-electron chi connectivity index (χ0n) is 13.6. The third-order valence-corrected chi connectivity index (χ3v) is 3.32. The largest absolute Gasteiger partial charge is 0.355 e. The van der Waals surface area contributed by atoms with Crippen molar-refractivity contribution in [2.75, 3.05) is 39.3 Å². The van der Waals surface area contributed by atoms with Crippen LogP contribution in [0.2, 0.25) is 0 Å². The molecule has 0 bridgehead atoms. The van der Waals surface area contributed by atoms with Crippen molar-refractivity contribution < 1.29 is 4.79 Å². The first-order valence-corrected chi connectivity index (χ1v) is 8.09. The number of amides is 1. The molecule has 118 valence electrons. The summed E-state index contributed by atoms with van der Waals surface area (Å²) in [5.41, 5.74) is 0. The van der Waals surface area contributed by atoms with Crippen LogP contribution < -0.4 is 10.6 Å². The van der Waals surface area contributed by atoms with Crippen molar-refractivity contribution in [2.24, 2.45) is 0 Å². The van der Waals surface area contributed by atoms with Gasteiger partial charge in [-0.3, -0.25) is 4.79 Å². The molecule has 0 rings (SSSR count). The molecule has 1 amide bonds. The van der Waals surface area contributed by atoms with Gasteiger partial charge in [0.25, 0.3) is 0 Å². The van der Waals surface area contributed by atoms with Gasteiger partial charge in [0.2, 0.25) is 5.91 Å². The standard InChI is InChI=1S/C16H33N3O/c1-4-7-8-9-10-11-16(20)18-13-12-17-14-15-19(5-2)6-3/h9-10,17H,4-8,11-15H2,1-3H3,(H,18,20)/b10-9+. The summed E-state index contributed by atoms with van der Waals surface area (Å²) >= 11 is 0. The fourth-order valence-electron chi connectivity index (χ4n) is 1.89. The van der Waals surface area contributed by atoms with E-state index < -0.39 is 0 Å². The average molecular weight is 283 g/mol. The molecule has 0 aromatic rings. The molecule has 0 aliphatic heterocycles. The second-order valence-corrected chi connectivity index (χ2v) is 4.94. The van der Waals surface area contributed by atoms with Crippen molar-refractivity contribution in [1.29, 1.82) is 0 Å². The van der Waals surface area contributed by atoms with Crippen LogP contribution in [0.3, 0.4) is 0 Å². The van der Waals surface area contributed by atoms with Gasteiger partial charge in [-0.05, 0) is 19.5 Å².